The molecular weight excluding hydrogens is 522 g/mol. The number of fused-ring (bicyclic) bond motifs is 3. The van der Waals surface area contributed by atoms with Gasteiger partial charge in [0.15, 0.2) is 5.79 Å². The summed E-state index contributed by atoms with van der Waals surface area (Å²) in [5.74, 6) is 0.742. The Hall–Kier alpha value is -3.68. The maximum atomic E-state index is 13.6. The van der Waals surface area contributed by atoms with E-state index in [9.17, 15) is 9.59 Å². The van der Waals surface area contributed by atoms with Crippen LogP contribution in [0.25, 0.3) is 0 Å². The number of hydrogen-bond donors (Lipinski definition) is 3. The maximum Gasteiger partial charge on any atom is 0.328 e. The lowest BCUT2D eigenvalue weighted by Crippen LogP contribution is -2.55. The summed E-state index contributed by atoms with van der Waals surface area (Å²) in [6.07, 6.45) is 5.99. The van der Waals surface area contributed by atoms with Gasteiger partial charge in [-0.3, -0.25) is 15.0 Å². The molecule has 3 atom stereocenters. The number of anilines is 1. The number of hydrogen-bond acceptors (Lipinski definition) is 10. The lowest BCUT2D eigenvalue weighted by Gasteiger charge is -2.40. The summed E-state index contributed by atoms with van der Waals surface area (Å²) >= 11 is 1.48. The van der Waals surface area contributed by atoms with Gasteiger partial charge in [-0.1, -0.05) is 6.08 Å². The molecule has 3 N–H and O–H groups in total. The molecule has 0 aromatic carbocycles. The van der Waals surface area contributed by atoms with Gasteiger partial charge in [0.05, 0.1) is 36.1 Å². The molecule has 12 nitrogen and oxygen atoms in total. The Labute approximate surface area is 230 Å². The number of aromatic nitrogens is 2. The summed E-state index contributed by atoms with van der Waals surface area (Å²) in [5, 5.41) is 11.0. The third kappa shape index (κ3) is 5.56. The van der Waals surface area contributed by atoms with E-state index < -0.39 is 11.8 Å². The van der Waals surface area contributed by atoms with Crippen LogP contribution in [0.4, 0.5) is 10.6 Å². The molecule has 13 heteroatoms. The number of dihydropyridines is 1. The van der Waals surface area contributed by atoms with E-state index in [1.165, 1.54) is 11.3 Å². The van der Waals surface area contributed by atoms with E-state index in [0.29, 0.717) is 37.1 Å². The van der Waals surface area contributed by atoms with E-state index in [2.05, 4.69) is 30.8 Å². The highest BCUT2D eigenvalue weighted by Crippen LogP contribution is 2.33. The Morgan fingerprint density at radius 1 is 1.33 bits per heavy atom. The average Bonchev–Trinajstić information content (AvgIpc) is 3.67. The molecule has 2 unspecified atom stereocenters. The Kier molecular flexibility index (Phi) is 6.87. The Morgan fingerprint density at radius 3 is 3.03 bits per heavy atom. The first-order valence-electron chi connectivity index (χ1n) is 12.9. The number of urea groups is 1. The summed E-state index contributed by atoms with van der Waals surface area (Å²) in [6.45, 7) is 6.43. The molecule has 4 aliphatic heterocycles. The first-order chi connectivity index (χ1) is 18.8. The zero-order valence-corrected chi connectivity index (χ0v) is 22.6. The van der Waals surface area contributed by atoms with Crippen molar-refractivity contribution in [2.75, 3.05) is 31.6 Å². The van der Waals surface area contributed by atoms with Crippen LogP contribution in [-0.4, -0.2) is 82.0 Å². The van der Waals surface area contributed by atoms with E-state index >= 15 is 0 Å². The third-order valence-corrected chi connectivity index (χ3v) is 7.62. The van der Waals surface area contributed by atoms with Crippen LogP contribution in [0.5, 0.6) is 5.75 Å². The fourth-order valence-corrected chi connectivity index (χ4v) is 5.70. The van der Waals surface area contributed by atoms with E-state index in [1.807, 2.05) is 31.4 Å². The van der Waals surface area contributed by atoms with Crippen LogP contribution in [0.1, 0.15) is 26.0 Å². The van der Waals surface area contributed by atoms with Crippen molar-refractivity contribution in [1.29, 1.82) is 0 Å². The molecule has 206 valence electrons. The van der Waals surface area contributed by atoms with Gasteiger partial charge in [-0.05, 0) is 32.4 Å². The molecule has 3 amide bonds. The number of carbonyl (C=O) groups is 2. The number of thiazole rings is 1. The van der Waals surface area contributed by atoms with Crippen molar-refractivity contribution in [3.8, 4) is 5.75 Å². The molecule has 39 heavy (non-hydrogen) atoms. The van der Waals surface area contributed by atoms with Gasteiger partial charge in [-0.2, -0.15) is 0 Å². The van der Waals surface area contributed by atoms with Crippen LogP contribution in [0, 0.1) is 0 Å². The van der Waals surface area contributed by atoms with Gasteiger partial charge in [-0.25, -0.2) is 14.8 Å². The fourth-order valence-electron chi connectivity index (χ4n) is 5.14. The normalized spacial score (nSPS) is 24.8. The number of carbonyl (C=O) groups excluding carboxylic acids is 2. The lowest BCUT2D eigenvalue weighted by atomic mass is 10.1. The first kappa shape index (κ1) is 25.6. The minimum absolute atomic E-state index is 0.0243. The van der Waals surface area contributed by atoms with Crippen LogP contribution in [-0.2, 0) is 20.8 Å². The van der Waals surface area contributed by atoms with Gasteiger partial charge < -0.3 is 29.7 Å². The van der Waals surface area contributed by atoms with Crippen molar-refractivity contribution in [2.24, 2.45) is 0 Å². The molecule has 6 rings (SSSR count). The quantitative estimate of drug-likeness (QED) is 0.471. The number of rotatable bonds is 7. The highest BCUT2D eigenvalue weighted by Gasteiger charge is 2.42. The monoisotopic (exact) mass is 553 g/mol. The SMILES string of the molecule is CC1(C)OC[C@H](COc2ccnc(NC(=O)N3C4=C(C=CC(C(=O)NCc5cscn5)N4)N4CCC3C4)c2)O1. The van der Waals surface area contributed by atoms with E-state index in [1.54, 1.807) is 28.7 Å². The van der Waals surface area contributed by atoms with Crippen LogP contribution >= 0.6 is 11.3 Å². The van der Waals surface area contributed by atoms with Crippen molar-refractivity contribution in [3.63, 3.8) is 0 Å². The molecule has 6 heterocycles. The van der Waals surface area contributed by atoms with Crippen molar-refractivity contribution in [2.45, 2.75) is 50.8 Å². The Bertz CT molecular complexity index is 1300. The molecule has 0 radical (unpaired) electrons. The average molecular weight is 554 g/mol. The predicted molar refractivity (Wildman–Crippen MR) is 143 cm³/mol. The molecule has 2 aromatic heterocycles. The maximum absolute atomic E-state index is 13.6. The molecule has 0 saturated carbocycles. The molecule has 2 saturated heterocycles. The Balaban J connectivity index is 1.11. The molecule has 2 bridgehead atoms. The second-order valence-electron chi connectivity index (χ2n) is 10.2. The second kappa shape index (κ2) is 10.5. The first-order valence-corrected chi connectivity index (χ1v) is 13.9. The molecule has 2 aromatic rings. The number of ether oxygens (including phenoxy) is 3. The number of amides is 3. The summed E-state index contributed by atoms with van der Waals surface area (Å²) in [5.41, 5.74) is 3.44. The summed E-state index contributed by atoms with van der Waals surface area (Å²) in [7, 11) is 0. The van der Waals surface area contributed by atoms with Crippen LogP contribution in [0.2, 0.25) is 0 Å². The van der Waals surface area contributed by atoms with Gasteiger partial charge in [-0.15, -0.1) is 11.3 Å². The zero-order valence-electron chi connectivity index (χ0n) is 21.8. The second-order valence-corrected chi connectivity index (χ2v) is 11.0. The lowest BCUT2D eigenvalue weighted by molar-refractivity contribution is -0.141. The van der Waals surface area contributed by atoms with Gasteiger partial charge in [0.2, 0.25) is 5.91 Å². The highest BCUT2D eigenvalue weighted by molar-refractivity contribution is 7.07. The van der Waals surface area contributed by atoms with Gasteiger partial charge in [0, 0.05) is 30.7 Å². The van der Waals surface area contributed by atoms with Crippen molar-refractivity contribution >= 4 is 29.1 Å². The van der Waals surface area contributed by atoms with Gasteiger partial charge in [0.25, 0.3) is 0 Å². The molecule has 4 aliphatic rings. The topological polar surface area (TPSA) is 130 Å². The Morgan fingerprint density at radius 2 is 2.23 bits per heavy atom. The number of nitrogens with zero attached hydrogens (tertiary/aromatic N) is 4. The van der Waals surface area contributed by atoms with Gasteiger partial charge >= 0.3 is 6.03 Å². The van der Waals surface area contributed by atoms with Gasteiger partial charge in [0.1, 0.15) is 36.1 Å². The number of pyridine rings is 1. The molecular formula is C26H31N7O5S. The minimum Gasteiger partial charge on any atom is -0.491 e. The van der Waals surface area contributed by atoms with E-state index in [4.69, 9.17) is 14.2 Å². The zero-order chi connectivity index (χ0) is 27.0. The summed E-state index contributed by atoms with van der Waals surface area (Å²) in [4.78, 5) is 39.0. The smallest absolute Gasteiger partial charge is 0.328 e. The minimum atomic E-state index is -0.619. The van der Waals surface area contributed by atoms with Crippen LogP contribution in [0.15, 0.2) is 52.9 Å². The molecule has 0 aliphatic carbocycles. The third-order valence-electron chi connectivity index (χ3n) is 6.99. The number of nitrogens with one attached hydrogen (secondary N) is 3. The molecule has 0 spiro atoms. The van der Waals surface area contributed by atoms with Crippen molar-refractivity contribution < 1.29 is 23.8 Å². The van der Waals surface area contributed by atoms with Crippen LogP contribution in [0.3, 0.4) is 0 Å². The standard InChI is InChI=1S/C26H31N7O5S/c1-26(2)37-13-19(38-26)12-36-18-5-7-27-22(9-18)31-25(35)33-17-6-8-32(11-17)21-4-3-20(30-23(21)33)24(34)28-10-16-14-39-15-29-16/h3-5,7,9,14-15,17,19-20,30H,6,8,10-13H2,1-2H3,(H,28,34)(H,27,31,35)/t17?,19-,20?/m0/s1. The molecule has 2 fully saturated rings. The van der Waals surface area contributed by atoms with Crippen molar-refractivity contribution in [3.05, 3.63) is 58.6 Å². The van der Waals surface area contributed by atoms with Crippen LogP contribution < -0.4 is 20.7 Å². The number of allylic oxidation sites excluding steroid dienone is 1. The highest BCUT2D eigenvalue weighted by atomic mass is 32.1. The van der Waals surface area contributed by atoms with E-state index in [0.717, 1.165) is 30.9 Å². The fraction of sp³-hybridized carbons (Fsp3) is 0.462. The predicted octanol–water partition coefficient (Wildman–Crippen LogP) is 2.00. The summed E-state index contributed by atoms with van der Waals surface area (Å²) < 4.78 is 17.3. The van der Waals surface area contributed by atoms with Crippen molar-refractivity contribution in [1.82, 2.24) is 30.4 Å². The summed E-state index contributed by atoms with van der Waals surface area (Å²) in [6, 6.07) is 2.45. The van der Waals surface area contributed by atoms with E-state index in [-0.39, 0.29) is 24.1 Å². The largest absolute Gasteiger partial charge is 0.491 e.